The molecule has 1 aromatic carbocycles. The molecule has 3 heteroatoms. The van der Waals surface area contributed by atoms with E-state index in [0.29, 0.717) is 0 Å². The minimum absolute atomic E-state index is 0.901. The Morgan fingerprint density at radius 3 is 2.86 bits per heavy atom. The van der Waals surface area contributed by atoms with Gasteiger partial charge in [0.25, 0.3) is 0 Å². The fraction of sp³-hybridized carbons (Fsp3) is 0.273. The highest BCUT2D eigenvalue weighted by molar-refractivity contribution is 7.99. The maximum Gasteiger partial charge on any atom is 0.0594 e. The van der Waals surface area contributed by atoms with Crippen molar-refractivity contribution in [3.05, 3.63) is 28.1 Å². The van der Waals surface area contributed by atoms with Crippen LogP contribution in [0, 0.1) is 0 Å². The molecule has 2 rings (SSSR count). The summed E-state index contributed by atoms with van der Waals surface area (Å²) in [6, 6.07) is 4.38. The monoisotopic (exact) mass is 242 g/mol. The molecule has 1 aromatic heterocycles. The first-order chi connectivity index (χ1) is 6.77. The SMILES string of the molecule is CCc1ccc(SC)c2scc(Cl)c12. The standard InChI is InChI=1S/C11H11ClS2/c1-3-7-4-5-9(13-2)11-10(7)8(12)6-14-11/h4-6H,3H2,1-2H3. The first kappa shape index (κ1) is 10.3. The van der Waals surface area contributed by atoms with Crippen LogP contribution in [0.25, 0.3) is 10.1 Å². The summed E-state index contributed by atoms with van der Waals surface area (Å²) in [5.41, 5.74) is 1.35. The second-order valence-electron chi connectivity index (χ2n) is 3.07. The van der Waals surface area contributed by atoms with Gasteiger partial charge in [-0.25, -0.2) is 0 Å². The molecule has 74 valence electrons. The zero-order valence-corrected chi connectivity index (χ0v) is 10.5. The van der Waals surface area contributed by atoms with Crippen molar-refractivity contribution in [1.29, 1.82) is 0 Å². The van der Waals surface area contributed by atoms with Gasteiger partial charge in [-0.2, -0.15) is 0 Å². The van der Waals surface area contributed by atoms with Gasteiger partial charge in [-0.15, -0.1) is 23.1 Å². The van der Waals surface area contributed by atoms with Crippen molar-refractivity contribution in [3.63, 3.8) is 0 Å². The van der Waals surface area contributed by atoms with Gasteiger partial charge in [0.15, 0.2) is 0 Å². The lowest BCUT2D eigenvalue weighted by Crippen LogP contribution is -1.82. The van der Waals surface area contributed by atoms with Crippen LogP contribution in [-0.4, -0.2) is 6.26 Å². The van der Waals surface area contributed by atoms with E-state index in [-0.39, 0.29) is 0 Å². The topological polar surface area (TPSA) is 0 Å². The van der Waals surface area contributed by atoms with Crippen LogP contribution in [0.4, 0.5) is 0 Å². The maximum absolute atomic E-state index is 6.19. The zero-order valence-electron chi connectivity index (χ0n) is 8.13. The highest BCUT2D eigenvalue weighted by atomic mass is 35.5. The van der Waals surface area contributed by atoms with E-state index in [1.54, 1.807) is 23.1 Å². The van der Waals surface area contributed by atoms with Crippen molar-refractivity contribution >= 4 is 44.8 Å². The van der Waals surface area contributed by atoms with Crippen molar-refractivity contribution in [2.24, 2.45) is 0 Å². The zero-order chi connectivity index (χ0) is 10.1. The van der Waals surface area contributed by atoms with E-state index in [1.165, 1.54) is 20.5 Å². The van der Waals surface area contributed by atoms with Gasteiger partial charge < -0.3 is 0 Å². The third-order valence-corrected chi connectivity index (χ3v) is 4.68. The predicted molar refractivity (Wildman–Crippen MR) is 68.0 cm³/mol. The Kier molecular flexibility index (Phi) is 3.05. The molecule has 0 N–H and O–H groups in total. The van der Waals surface area contributed by atoms with Crippen LogP contribution in [0.5, 0.6) is 0 Å². The van der Waals surface area contributed by atoms with Gasteiger partial charge >= 0.3 is 0 Å². The van der Waals surface area contributed by atoms with E-state index in [1.807, 2.05) is 5.38 Å². The van der Waals surface area contributed by atoms with E-state index in [4.69, 9.17) is 11.6 Å². The average molecular weight is 243 g/mol. The molecule has 0 nitrogen and oxygen atoms in total. The smallest absolute Gasteiger partial charge is 0.0594 e. The first-order valence-corrected chi connectivity index (χ1v) is 6.98. The quantitative estimate of drug-likeness (QED) is 0.679. The van der Waals surface area contributed by atoms with E-state index in [2.05, 4.69) is 25.3 Å². The fourth-order valence-corrected chi connectivity index (χ4v) is 3.78. The molecule has 0 aliphatic heterocycles. The summed E-state index contributed by atoms with van der Waals surface area (Å²) >= 11 is 9.71. The molecule has 0 unspecified atom stereocenters. The second kappa shape index (κ2) is 4.13. The third kappa shape index (κ3) is 1.56. The Hall–Kier alpha value is -0.180. The number of hydrogen-bond acceptors (Lipinski definition) is 2. The summed E-state index contributed by atoms with van der Waals surface area (Å²) in [5, 5.41) is 4.19. The molecule has 0 aliphatic carbocycles. The van der Waals surface area contributed by atoms with Crippen LogP contribution in [0.2, 0.25) is 5.02 Å². The van der Waals surface area contributed by atoms with Crippen LogP contribution >= 0.6 is 34.7 Å². The molecule has 0 aliphatic rings. The van der Waals surface area contributed by atoms with Gasteiger partial charge in [-0.05, 0) is 24.3 Å². The van der Waals surface area contributed by atoms with E-state index in [9.17, 15) is 0 Å². The lowest BCUT2D eigenvalue weighted by Gasteiger charge is -2.04. The summed E-state index contributed by atoms with van der Waals surface area (Å²) in [6.45, 7) is 2.17. The van der Waals surface area contributed by atoms with Crippen molar-refractivity contribution in [2.45, 2.75) is 18.2 Å². The highest BCUT2D eigenvalue weighted by Crippen LogP contribution is 2.38. The van der Waals surface area contributed by atoms with Crippen LogP contribution in [0.15, 0.2) is 22.4 Å². The van der Waals surface area contributed by atoms with Crippen LogP contribution < -0.4 is 0 Å². The Morgan fingerprint density at radius 1 is 1.43 bits per heavy atom. The van der Waals surface area contributed by atoms with Gasteiger partial charge in [0.1, 0.15) is 0 Å². The second-order valence-corrected chi connectivity index (χ2v) is 5.20. The number of aryl methyl sites for hydroxylation is 1. The first-order valence-electron chi connectivity index (χ1n) is 4.50. The van der Waals surface area contributed by atoms with Crippen LogP contribution in [0.1, 0.15) is 12.5 Å². The Labute approximate surface area is 97.3 Å². The van der Waals surface area contributed by atoms with Crippen LogP contribution in [0.3, 0.4) is 0 Å². The summed E-state index contributed by atoms with van der Waals surface area (Å²) in [4.78, 5) is 1.33. The van der Waals surface area contributed by atoms with Crippen LogP contribution in [-0.2, 0) is 6.42 Å². The average Bonchev–Trinajstić information content (AvgIpc) is 2.60. The minimum Gasteiger partial charge on any atom is -0.141 e. The Balaban J connectivity index is 2.81. The molecular weight excluding hydrogens is 232 g/mol. The summed E-state index contributed by atoms with van der Waals surface area (Å²) in [5.74, 6) is 0. The normalized spacial score (nSPS) is 11.1. The maximum atomic E-state index is 6.19. The fourth-order valence-electron chi connectivity index (χ4n) is 1.61. The van der Waals surface area contributed by atoms with Gasteiger partial charge in [-0.1, -0.05) is 24.6 Å². The molecular formula is C11H11ClS2. The van der Waals surface area contributed by atoms with Gasteiger partial charge in [0.05, 0.1) is 5.02 Å². The van der Waals surface area contributed by atoms with E-state index in [0.717, 1.165) is 11.4 Å². The lowest BCUT2D eigenvalue weighted by molar-refractivity contribution is 1.16. The summed E-state index contributed by atoms with van der Waals surface area (Å²) in [6.07, 6.45) is 3.15. The lowest BCUT2D eigenvalue weighted by atomic mass is 10.1. The third-order valence-electron chi connectivity index (χ3n) is 2.33. The largest absolute Gasteiger partial charge is 0.141 e. The highest BCUT2D eigenvalue weighted by Gasteiger charge is 2.09. The molecule has 0 bridgehead atoms. The number of hydrogen-bond donors (Lipinski definition) is 0. The number of rotatable bonds is 2. The van der Waals surface area contributed by atoms with Gasteiger partial charge in [-0.3, -0.25) is 0 Å². The molecule has 0 fully saturated rings. The van der Waals surface area contributed by atoms with E-state index < -0.39 is 0 Å². The van der Waals surface area contributed by atoms with E-state index >= 15 is 0 Å². The van der Waals surface area contributed by atoms with Crippen molar-refractivity contribution in [2.75, 3.05) is 6.26 Å². The molecule has 0 atom stereocenters. The minimum atomic E-state index is 0.901. The molecule has 0 amide bonds. The molecule has 0 radical (unpaired) electrons. The number of thioether (sulfide) groups is 1. The Bertz CT molecular complexity index is 460. The van der Waals surface area contributed by atoms with Crippen molar-refractivity contribution in [1.82, 2.24) is 0 Å². The predicted octanol–water partition coefficient (Wildman–Crippen LogP) is 4.84. The van der Waals surface area contributed by atoms with Crippen molar-refractivity contribution < 1.29 is 0 Å². The molecule has 0 saturated carbocycles. The molecule has 14 heavy (non-hydrogen) atoms. The summed E-state index contributed by atoms with van der Waals surface area (Å²) in [7, 11) is 0. The van der Waals surface area contributed by atoms with Crippen molar-refractivity contribution in [3.8, 4) is 0 Å². The molecule has 0 saturated heterocycles. The molecule has 2 aromatic rings. The number of thiophene rings is 1. The Morgan fingerprint density at radius 2 is 2.21 bits per heavy atom. The number of benzene rings is 1. The molecule has 0 spiro atoms. The number of fused-ring (bicyclic) bond motifs is 1. The molecule has 1 heterocycles. The van der Waals surface area contributed by atoms with Gasteiger partial charge in [0.2, 0.25) is 0 Å². The van der Waals surface area contributed by atoms with Gasteiger partial charge in [0, 0.05) is 20.4 Å². The summed E-state index contributed by atoms with van der Waals surface area (Å²) < 4.78 is 1.34. The number of halogens is 1.